The van der Waals surface area contributed by atoms with Crippen molar-refractivity contribution in [1.29, 1.82) is 0 Å². The third kappa shape index (κ3) is 2.80. The second kappa shape index (κ2) is 5.23. The van der Waals surface area contributed by atoms with Crippen LogP contribution in [0.5, 0.6) is 0 Å². The van der Waals surface area contributed by atoms with Crippen LogP contribution in [-0.4, -0.2) is 21.5 Å². The Bertz CT molecular complexity index is 569. The van der Waals surface area contributed by atoms with E-state index in [1.165, 1.54) is 0 Å². The third-order valence-electron chi connectivity index (χ3n) is 1.98. The number of nitrogens with two attached hydrogens (primary N) is 1. The molecule has 1 heterocycles. The maximum absolute atomic E-state index is 11.6. The first kappa shape index (κ1) is 12.0. The van der Waals surface area contributed by atoms with Gasteiger partial charge in [-0.1, -0.05) is 22.7 Å². The van der Waals surface area contributed by atoms with Crippen LogP contribution in [0, 0.1) is 0 Å². The van der Waals surface area contributed by atoms with E-state index in [0.717, 1.165) is 11.5 Å². The summed E-state index contributed by atoms with van der Waals surface area (Å²) in [5.41, 5.74) is 5.66. The molecule has 1 aromatic carbocycles. The number of urea groups is 1. The summed E-state index contributed by atoms with van der Waals surface area (Å²) in [4.78, 5) is 22.6. The number of amides is 3. The van der Waals surface area contributed by atoms with Crippen LogP contribution in [0.4, 0.5) is 15.5 Å². The van der Waals surface area contributed by atoms with E-state index in [2.05, 4.69) is 20.2 Å². The van der Waals surface area contributed by atoms with Crippen LogP contribution in [-0.2, 0) is 0 Å². The standard InChI is InChI=1S/C10H9N5O2S/c11-8(16)7-9(18-15-14-7)13-10(17)12-6-4-2-1-3-5-6/h1-5H,(H2,11,16)(H2,12,13,17). The zero-order valence-electron chi connectivity index (χ0n) is 9.08. The molecule has 0 fully saturated rings. The van der Waals surface area contributed by atoms with E-state index in [4.69, 9.17) is 5.73 Å². The highest BCUT2D eigenvalue weighted by molar-refractivity contribution is 7.10. The van der Waals surface area contributed by atoms with Crippen LogP contribution in [0.25, 0.3) is 0 Å². The summed E-state index contributed by atoms with van der Waals surface area (Å²) in [5.74, 6) is -0.737. The van der Waals surface area contributed by atoms with Crippen LogP contribution < -0.4 is 16.4 Å². The lowest BCUT2D eigenvalue weighted by Crippen LogP contribution is -2.21. The van der Waals surface area contributed by atoms with Crippen LogP contribution in [0.2, 0.25) is 0 Å². The first-order valence-corrected chi connectivity index (χ1v) is 5.69. The zero-order valence-corrected chi connectivity index (χ0v) is 9.90. The molecule has 0 spiro atoms. The van der Waals surface area contributed by atoms with E-state index in [0.29, 0.717) is 5.69 Å². The number of nitrogens with zero attached hydrogens (tertiary/aromatic N) is 2. The highest BCUT2D eigenvalue weighted by Crippen LogP contribution is 2.17. The summed E-state index contributed by atoms with van der Waals surface area (Å²) in [6.07, 6.45) is 0. The highest BCUT2D eigenvalue weighted by Gasteiger charge is 2.15. The summed E-state index contributed by atoms with van der Waals surface area (Å²) in [6.45, 7) is 0. The van der Waals surface area contributed by atoms with Gasteiger partial charge < -0.3 is 11.1 Å². The summed E-state index contributed by atoms with van der Waals surface area (Å²) >= 11 is 0.883. The molecule has 0 saturated carbocycles. The number of primary amides is 1. The smallest absolute Gasteiger partial charge is 0.324 e. The lowest BCUT2D eigenvalue weighted by molar-refractivity contribution is 0.0996. The number of hydrogen-bond acceptors (Lipinski definition) is 5. The van der Waals surface area contributed by atoms with Crippen LogP contribution in [0.15, 0.2) is 30.3 Å². The van der Waals surface area contributed by atoms with E-state index in [9.17, 15) is 9.59 Å². The van der Waals surface area contributed by atoms with Crippen molar-refractivity contribution < 1.29 is 9.59 Å². The Balaban J connectivity index is 2.04. The van der Waals surface area contributed by atoms with Gasteiger partial charge in [-0.05, 0) is 12.1 Å². The van der Waals surface area contributed by atoms with Crippen molar-refractivity contribution >= 4 is 34.2 Å². The molecule has 0 atom stereocenters. The zero-order chi connectivity index (χ0) is 13.0. The van der Waals surface area contributed by atoms with Crippen molar-refractivity contribution in [2.75, 3.05) is 10.6 Å². The van der Waals surface area contributed by atoms with Gasteiger partial charge in [0.25, 0.3) is 5.91 Å². The minimum atomic E-state index is -0.737. The Labute approximate surface area is 106 Å². The van der Waals surface area contributed by atoms with Crippen LogP contribution in [0.1, 0.15) is 10.5 Å². The fourth-order valence-corrected chi connectivity index (χ4v) is 1.79. The second-order valence-electron chi connectivity index (χ2n) is 3.26. The number of benzene rings is 1. The van der Waals surface area contributed by atoms with Gasteiger partial charge in [-0.2, -0.15) is 0 Å². The van der Waals surface area contributed by atoms with Crippen molar-refractivity contribution in [3.05, 3.63) is 36.0 Å². The normalized spacial score (nSPS) is 9.78. The average molecular weight is 263 g/mol. The lowest BCUT2D eigenvalue weighted by atomic mass is 10.3. The molecule has 0 aliphatic carbocycles. The average Bonchev–Trinajstić information content (AvgIpc) is 2.78. The molecule has 8 heteroatoms. The largest absolute Gasteiger partial charge is 0.364 e. The van der Waals surface area contributed by atoms with Gasteiger partial charge in [0.1, 0.15) is 0 Å². The monoisotopic (exact) mass is 263 g/mol. The topological polar surface area (TPSA) is 110 Å². The van der Waals surface area contributed by atoms with Gasteiger partial charge in [0, 0.05) is 17.2 Å². The lowest BCUT2D eigenvalue weighted by Gasteiger charge is -2.05. The maximum atomic E-state index is 11.6. The fourth-order valence-electron chi connectivity index (χ4n) is 1.22. The maximum Gasteiger partial charge on any atom is 0.324 e. The van der Waals surface area contributed by atoms with Crippen molar-refractivity contribution in [1.82, 2.24) is 9.59 Å². The van der Waals surface area contributed by atoms with Crippen molar-refractivity contribution in [2.24, 2.45) is 5.73 Å². The molecule has 0 aliphatic rings. The Hall–Kier alpha value is -2.48. The summed E-state index contributed by atoms with van der Waals surface area (Å²) < 4.78 is 3.55. The van der Waals surface area contributed by atoms with Gasteiger partial charge >= 0.3 is 6.03 Å². The Morgan fingerprint density at radius 2 is 1.89 bits per heavy atom. The molecule has 0 bridgehead atoms. The molecular weight excluding hydrogens is 254 g/mol. The quantitative estimate of drug-likeness (QED) is 0.774. The number of aromatic nitrogens is 2. The van der Waals surface area contributed by atoms with E-state index >= 15 is 0 Å². The molecule has 92 valence electrons. The Morgan fingerprint density at radius 1 is 1.17 bits per heavy atom. The Morgan fingerprint density at radius 3 is 2.56 bits per heavy atom. The first-order valence-electron chi connectivity index (χ1n) is 4.92. The second-order valence-corrected chi connectivity index (χ2v) is 4.01. The number of rotatable bonds is 3. The number of hydrogen-bond donors (Lipinski definition) is 3. The van der Waals surface area contributed by atoms with Gasteiger partial charge in [-0.15, -0.1) is 5.10 Å². The number of para-hydroxylation sites is 1. The molecule has 18 heavy (non-hydrogen) atoms. The predicted octanol–water partition coefficient (Wildman–Crippen LogP) is 1.28. The van der Waals surface area contributed by atoms with Crippen molar-refractivity contribution in [3.63, 3.8) is 0 Å². The molecule has 0 radical (unpaired) electrons. The highest BCUT2D eigenvalue weighted by atomic mass is 32.1. The molecule has 1 aromatic heterocycles. The van der Waals surface area contributed by atoms with Crippen LogP contribution in [0.3, 0.4) is 0 Å². The molecule has 4 N–H and O–H groups in total. The molecule has 2 aromatic rings. The minimum absolute atomic E-state index is 0.0526. The van der Waals surface area contributed by atoms with Gasteiger partial charge in [-0.3, -0.25) is 10.1 Å². The predicted molar refractivity (Wildman–Crippen MR) is 67.5 cm³/mol. The number of carbonyl (C=O) groups excluding carboxylic acids is 2. The van der Waals surface area contributed by atoms with Gasteiger partial charge in [-0.25, -0.2) is 4.79 Å². The Kier molecular flexibility index (Phi) is 3.49. The molecule has 0 unspecified atom stereocenters. The van der Waals surface area contributed by atoms with E-state index in [1.807, 2.05) is 6.07 Å². The number of anilines is 2. The molecule has 0 saturated heterocycles. The van der Waals surface area contributed by atoms with Crippen LogP contribution >= 0.6 is 11.5 Å². The molecular formula is C10H9N5O2S. The molecule has 2 rings (SSSR count). The molecule has 0 aliphatic heterocycles. The van der Waals surface area contributed by atoms with E-state index in [1.54, 1.807) is 24.3 Å². The number of carbonyl (C=O) groups is 2. The van der Waals surface area contributed by atoms with Gasteiger partial charge in [0.05, 0.1) is 0 Å². The van der Waals surface area contributed by atoms with Crippen molar-refractivity contribution in [2.45, 2.75) is 0 Å². The van der Waals surface area contributed by atoms with Crippen molar-refractivity contribution in [3.8, 4) is 0 Å². The van der Waals surface area contributed by atoms with Gasteiger partial charge in [0.15, 0.2) is 10.7 Å². The fraction of sp³-hybridized carbons (Fsp3) is 0. The summed E-state index contributed by atoms with van der Waals surface area (Å²) in [6, 6.07) is 8.40. The number of nitrogens with one attached hydrogen (secondary N) is 2. The van der Waals surface area contributed by atoms with Gasteiger partial charge in [0.2, 0.25) is 0 Å². The first-order chi connectivity index (χ1) is 8.66. The summed E-state index contributed by atoms with van der Waals surface area (Å²) in [5, 5.41) is 8.80. The van der Waals surface area contributed by atoms with E-state index < -0.39 is 11.9 Å². The van der Waals surface area contributed by atoms with E-state index in [-0.39, 0.29) is 10.7 Å². The SMILES string of the molecule is NC(=O)c1nnsc1NC(=O)Nc1ccccc1. The minimum Gasteiger partial charge on any atom is -0.364 e. The summed E-state index contributed by atoms with van der Waals surface area (Å²) in [7, 11) is 0. The third-order valence-corrected chi connectivity index (χ3v) is 2.62. The molecule has 7 nitrogen and oxygen atoms in total. The molecule has 3 amide bonds.